The van der Waals surface area contributed by atoms with E-state index in [1.165, 1.54) is 0 Å². The van der Waals surface area contributed by atoms with E-state index in [9.17, 15) is 4.79 Å². The Morgan fingerprint density at radius 3 is 2.83 bits per heavy atom. The minimum atomic E-state index is -0.0881. The summed E-state index contributed by atoms with van der Waals surface area (Å²) in [7, 11) is 0. The summed E-state index contributed by atoms with van der Waals surface area (Å²) in [4.78, 5) is 18.8. The maximum atomic E-state index is 12.8. The first-order valence-corrected chi connectivity index (χ1v) is 8.42. The standard InChI is InChI=1S/C18H17ClN2O3/c19-13-5-6-20-14(11-13)18(22)21-7-1-2-15(21)12-3-4-16-17(10-12)24-9-8-23-16/h3-6,10-11,15H,1-2,7-9H2/t15-/m0/s1. The molecule has 6 heteroatoms. The van der Waals surface area contributed by atoms with E-state index in [0.717, 1.165) is 29.9 Å². The van der Waals surface area contributed by atoms with E-state index in [1.807, 2.05) is 23.1 Å². The van der Waals surface area contributed by atoms with E-state index < -0.39 is 0 Å². The van der Waals surface area contributed by atoms with Gasteiger partial charge in [-0.1, -0.05) is 17.7 Å². The molecule has 1 fully saturated rings. The van der Waals surface area contributed by atoms with Crippen LogP contribution in [0.3, 0.4) is 0 Å². The number of fused-ring (bicyclic) bond motifs is 1. The molecule has 2 aliphatic rings. The highest BCUT2D eigenvalue weighted by Crippen LogP contribution is 2.38. The van der Waals surface area contributed by atoms with Crippen LogP contribution < -0.4 is 9.47 Å². The van der Waals surface area contributed by atoms with E-state index in [0.29, 0.717) is 30.5 Å². The molecule has 4 rings (SSSR count). The van der Waals surface area contributed by atoms with Crippen molar-refractivity contribution < 1.29 is 14.3 Å². The largest absolute Gasteiger partial charge is 0.486 e. The molecule has 1 aromatic carbocycles. The van der Waals surface area contributed by atoms with Gasteiger partial charge in [-0.15, -0.1) is 0 Å². The summed E-state index contributed by atoms with van der Waals surface area (Å²) in [6.45, 7) is 1.84. The summed E-state index contributed by atoms with van der Waals surface area (Å²) >= 11 is 5.99. The molecule has 0 bridgehead atoms. The van der Waals surface area contributed by atoms with Crippen molar-refractivity contribution in [1.29, 1.82) is 0 Å². The van der Waals surface area contributed by atoms with Crippen LogP contribution in [0.1, 0.15) is 34.9 Å². The zero-order valence-corrected chi connectivity index (χ0v) is 13.8. The average Bonchev–Trinajstić information content (AvgIpc) is 3.10. The van der Waals surface area contributed by atoms with Gasteiger partial charge in [0, 0.05) is 17.8 Å². The molecule has 0 saturated carbocycles. The van der Waals surface area contributed by atoms with Gasteiger partial charge < -0.3 is 14.4 Å². The normalized spacial score (nSPS) is 19.4. The third-order valence-corrected chi connectivity index (χ3v) is 4.64. The Labute approximate surface area is 145 Å². The van der Waals surface area contributed by atoms with E-state index in [-0.39, 0.29) is 11.9 Å². The Bertz CT molecular complexity index is 781. The second-order valence-corrected chi connectivity index (χ2v) is 6.36. The fourth-order valence-corrected chi connectivity index (χ4v) is 3.45. The zero-order valence-electron chi connectivity index (χ0n) is 13.1. The lowest BCUT2D eigenvalue weighted by atomic mass is 10.0. The number of likely N-dealkylation sites (tertiary alicyclic amines) is 1. The van der Waals surface area contributed by atoms with E-state index >= 15 is 0 Å². The number of aromatic nitrogens is 1. The summed E-state index contributed by atoms with van der Waals surface area (Å²) in [5.74, 6) is 1.42. The summed E-state index contributed by atoms with van der Waals surface area (Å²) in [6, 6.07) is 9.21. The van der Waals surface area contributed by atoms with Gasteiger partial charge in [0.05, 0.1) is 6.04 Å². The summed E-state index contributed by atoms with van der Waals surface area (Å²) in [6.07, 6.45) is 3.45. The number of halogens is 1. The predicted molar refractivity (Wildman–Crippen MR) is 89.7 cm³/mol. The average molecular weight is 345 g/mol. The molecule has 2 aliphatic heterocycles. The van der Waals surface area contributed by atoms with Crippen LogP contribution in [0.4, 0.5) is 0 Å². The molecule has 1 amide bonds. The van der Waals surface area contributed by atoms with Crippen molar-refractivity contribution in [3.63, 3.8) is 0 Å². The first-order valence-electron chi connectivity index (χ1n) is 8.04. The molecule has 1 aromatic heterocycles. The highest BCUT2D eigenvalue weighted by Gasteiger charge is 2.32. The van der Waals surface area contributed by atoms with Gasteiger partial charge in [-0.3, -0.25) is 9.78 Å². The van der Waals surface area contributed by atoms with Gasteiger partial charge in [-0.2, -0.15) is 0 Å². The van der Waals surface area contributed by atoms with Crippen LogP contribution in [0.25, 0.3) is 0 Å². The maximum absolute atomic E-state index is 12.8. The molecule has 0 N–H and O–H groups in total. The van der Waals surface area contributed by atoms with Crippen LogP contribution >= 0.6 is 11.6 Å². The van der Waals surface area contributed by atoms with Crippen molar-refractivity contribution in [3.05, 3.63) is 52.8 Å². The molecule has 2 aromatic rings. The number of amides is 1. The van der Waals surface area contributed by atoms with Crippen molar-refractivity contribution in [2.45, 2.75) is 18.9 Å². The second kappa shape index (κ2) is 6.32. The summed E-state index contributed by atoms with van der Waals surface area (Å²) < 4.78 is 11.2. The van der Waals surface area contributed by atoms with Crippen LogP contribution in [-0.2, 0) is 0 Å². The number of hydrogen-bond acceptors (Lipinski definition) is 4. The lowest BCUT2D eigenvalue weighted by Gasteiger charge is -2.26. The molecular formula is C18H17ClN2O3. The van der Waals surface area contributed by atoms with Crippen molar-refractivity contribution in [2.24, 2.45) is 0 Å². The van der Waals surface area contributed by atoms with Crippen molar-refractivity contribution in [3.8, 4) is 11.5 Å². The minimum Gasteiger partial charge on any atom is -0.486 e. The lowest BCUT2D eigenvalue weighted by Crippen LogP contribution is -2.31. The predicted octanol–water partition coefficient (Wildman–Crippen LogP) is 3.48. The number of rotatable bonds is 2. The number of hydrogen-bond donors (Lipinski definition) is 0. The number of benzene rings is 1. The molecule has 0 radical (unpaired) electrons. The number of pyridine rings is 1. The number of nitrogens with zero attached hydrogens (tertiary/aromatic N) is 2. The molecule has 1 saturated heterocycles. The van der Waals surface area contributed by atoms with Crippen LogP contribution in [0, 0.1) is 0 Å². The van der Waals surface area contributed by atoms with Gasteiger partial charge in [0.2, 0.25) is 0 Å². The van der Waals surface area contributed by atoms with Gasteiger partial charge >= 0.3 is 0 Å². The van der Waals surface area contributed by atoms with Gasteiger partial charge in [0.25, 0.3) is 5.91 Å². The Morgan fingerprint density at radius 1 is 1.17 bits per heavy atom. The second-order valence-electron chi connectivity index (χ2n) is 5.92. The van der Waals surface area contributed by atoms with Crippen LogP contribution in [-0.4, -0.2) is 35.5 Å². The van der Waals surface area contributed by atoms with Crippen LogP contribution in [0.5, 0.6) is 11.5 Å². The van der Waals surface area contributed by atoms with Crippen LogP contribution in [0.15, 0.2) is 36.5 Å². The highest BCUT2D eigenvalue weighted by molar-refractivity contribution is 6.30. The minimum absolute atomic E-state index is 0.0223. The fraction of sp³-hybridized carbons (Fsp3) is 0.333. The topological polar surface area (TPSA) is 51.7 Å². The Balaban J connectivity index is 1.62. The molecular weight excluding hydrogens is 328 g/mol. The van der Waals surface area contributed by atoms with Gasteiger partial charge in [-0.25, -0.2) is 0 Å². The smallest absolute Gasteiger partial charge is 0.273 e. The Hall–Kier alpha value is -2.27. The Morgan fingerprint density at radius 2 is 2.00 bits per heavy atom. The summed E-state index contributed by atoms with van der Waals surface area (Å²) in [5.41, 5.74) is 1.44. The SMILES string of the molecule is O=C(c1cc(Cl)ccn1)N1CCC[C@H]1c1ccc2c(c1)OCCO2. The maximum Gasteiger partial charge on any atom is 0.273 e. The zero-order chi connectivity index (χ0) is 16.5. The highest BCUT2D eigenvalue weighted by atomic mass is 35.5. The molecule has 0 aliphatic carbocycles. The third kappa shape index (κ3) is 2.80. The quantitative estimate of drug-likeness (QED) is 0.837. The van der Waals surface area contributed by atoms with Crippen LogP contribution in [0.2, 0.25) is 5.02 Å². The molecule has 0 spiro atoms. The third-order valence-electron chi connectivity index (χ3n) is 4.41. The number of carbonyl (C=O) groups excluding carboxylic acids is 1. The molecule has 24 heavy (non-hydrogen) atoms. The van der Waals surface area contributed by atoms with E-state index in [2.05, 4.69) is 4.98 Å². The Kier molecular flexibility index (Phi) is 4.02. The van der Waals surface area contributed by atoms with Crippen molar-refractivity contribution in [2.75, 3.05) is 19.8 Å². The molecule has 1 atom stereocenters. The summed E-state index contributed by atoms with van der Waals surface area (Å²) in [5, 5.41) is 0.517. The lowest BCUT2D eigenvalue weighted by molar-refractivity contribution is 0.0729. The van der Waals surface area contributed by atoms with Crippen molar-refractivity contribution in [1.82, 2.24) is 9.88 Å². The molecule has 0 unspecified atom stereocenters. The van der Waals surface area contributed by atoms with E-state index in [1.54, 1.807) is 18.3 Å². The van der Waals surface area contributed by atoms with E-state index in [4.69, 9.17) is 21.1 Å². The van der Waals surface area contributed by atoms with Gasteiger partial charge in [0.15, 0.2) is 11.5 Å². The molecule has 5 nitrogen and oxygen atoms in total. The molecule has 124 valence electrons. The first kappa shape index (κ1) is 15.3. The number of carbonyl (C=O) groups is 1. The first-order chi connectivity index (χ1) is 11.7. The number of ether oxygens (including phenoxy) is 2. The molecule has 3 heterocycles. The van der Waals surface area contributed by atoms with Gasteiger partial charge in [-0.05, 0) is 42.7 Å². The fourth-order valence-electron chi connectivity index (χ4n) is 3.29. The van der Waals surface area contributed by atoms with Gasteiger partial charge in [0.1, 0.15) is 18.9 Å². The monoisotopic (exact) mass is 344 g/mol. The van der Waals surface area contributed by atoms with Crippen molar-refractivity contribution >= 4 is 17.5 Å².